The number of hydrogen-bond donors (Lipinski definition) is 1. The molecule has 0 aliphatic heterocycles. The monoisotopic (exact) mass is 558 g/mol. The maximum atomic E-state index is 12.8. The van der Waals surface area contributed by atoms with Crippen molar-refractivity contribution in [3.8, 4) is 0 Å². The van der Waals surface area contributed by atoms with Crippen molar-refractivity contribution in [2.75, 3.05) is 13.2 Å². The van der Waals surface area contributed by atoms with E-state index < -0.39 is 33.8 Å². The molecular formula is C29H50O8S. The maximum absolute atomic E-state index is 12.8. The highest BCUT2D eigenvalue weighted by atomic mass is 32.2. The number of aryl methyl sites for hydroxylation is 1. The predicted octanol–water partition coefficient (Wildman–Crippen LogP) is 6.13. The second kappa shape index (κ2) is 20.0. The van der Waals surface area contributed by atoms with E-state index in [-0.39, 0.29) is 11.5 Å². The van der Waals surface area contributed by atoms with Gasteiger partial charge in [0.1, 0.15) is 6.10 Å². The third-order valence-electron chi connectivity index (χ3n) is 5.75. The van der Waals surface area contributed by atoms with Gasteiger partial charge in [-0.05, 0) is 59.1 Å². The lowest BCUT2D eigenvalue weighted by Gasteiger charge is -2.23. The van der Waals surface area contributed by atoms with Gasteiger partial charge in [-0.15, -0.1) is 0 Å². The number of unbranched alkanes of at least 4 members (excludes halogenated alkanes) is 9. The molecule has 0 radical (unpaired) electrons. The highest BCUT2D eigenvalue weighted by Crippen LogP contribution is 2.25. The van der Waals surface area contributed by atoms with E-state index >= 15 is 0 Å². The number of ether oxygens (including phenoxy) is 2. The average Bonchev–Trinajstić information content (AvgIpc) is 2.85. The molecule has 8 nitrogen and oxygen atoms in total. The van der Waals surface area contributed by atoms with Crippen molar-refractivity contribution in [3.63, 3.8) is 0 Å². The summed E-state index contributed by atoms with van der Waals surface area (Å²) in [6.45, 7) is 10.3. The molecule has 0 aromatic heterocycles. The molecule has 0 amide bonds. The van der Waals surface area contributed by atoms with Gasteiger partial charge in [0, 0.05) is 0 Å². The SMILES string of the molecule is CCCCCCCCCCCCc1ccccc1S(=O)(=O)OC(C)(C)C(=O)OCC.CCOC(=O)C(C)O. The molecular weight excluding hydrogens is 508 g/mol. The van der Waals surface area contributed by atoms with Gasteiger partial charge in [-0.2, -0.15) is 8.42 Å². The van der Waals surface area contributed by atoms with Crippen LogP contribution in [0.25, 0.3) is 0 Å². The minimum atomic E-state index is -4.08. The third kappa shape index (κ3) is 15.4. The summed E-state index contributed by atoms with van der Waals surface area (Å²) >= 11 is 0. The molecule has 0 saturated heterocycles. The van der Waals surface area contributed by atoms with Crippen LogP contribution in [0.1, 0.15) is 111 Å². The highest BCUT2D eigenvalue weighted by Gasteiger charge is 2.37. The number of carbonyl (C=O) groups excluding carboxylic acids is 2. The van der Waals surface area contributed by atoms with Crippen molar-refractivity contribution < 1.29 is 36.8 Å². The smallest absolute Gasteiger partial charge is 0.339 e. The number of rotatable bonds is 18. The van der Waals surface area contributed by atoms with Crippen molar-refractivity contribution in [2.45, 2.75) is 129 Å². The first-order chi connectivity index (χ1) is 17.9. The van der Waals surface area contributed by atoms with Gasteiger partial charge in [0.05, 0.1) is 18.1 Å². The fourth-order valence-corrected chi connectivity index (χ4v) is 5.12. The van der Waals surface area contributed by atoms with Crippen LogP contribution in [-0.4, -0.2) is 50.4 Å². The average molecular weight is 559 g/mol. The predicted molar refractivity (Wildman–Crippen MR) is 149 cm³/mol. The van der Waals surface area contributed by atoms with Crippen molar-refractivity contribution in [1.82, 2.24) is 0 Å². The molecule has 0 heterocycles. The Morgan fingerprint density at radius 1 is 0.842 bits per heavy atom. The van der Waals surface area contributed by atoms with Crippen LogP contribution in [0.15, 0.2) is 29.2 Å². The van der Waals surface area contributed by atoms with E-state index in [0.717, 1.165) is 18.4 Å². The molecule has 0 spiro atoms. The number of aliphatic hydroxyl groups excluding tert-OH is 1. The van der Waals surface area contributed by atoms with Crippen LogP contribution >= 0.6 is 0 Å². The summed E-state index contributed by atoms with van der Waals surface area (Å²) in [5, 5.41) is 8.48. The number of benzene rings is 1. The first-order valence-electron chi connectivity index (χ1n) is 14.0. The van der Waals surface area contributed by atoms with Gasteiger partial charge in [-0.1, -0.05) is 82.9 Å². The fourth-order valence-electron chi connectivity index (χ4n) is 3.68. The molecule has 38 heavy (non-hydrogen) atoms. The van der Waals surface area contributed by atoms with Crippen LogP contribution in [0.2, 0.25) is 0 Å². The Hall–Kier alpha value is -1.97. The Labute approximate surface area is 230 Å². The van der Waals surface area contributed by atoms with Crippen molar-refractivity contribution >= 4 is 22.1 Å². The Morgan fingerprint density at radius 3 is 1.82 bits per heavy atom. The standard InChI is InChI=1S/C24H40O5S.C5H10O3/c1-5-7-8-9-10-11-12-13-14-15-18-21-19-16-17-20-22(21)30(26,27)29-24(3,4)23(25)28-6-2;1-3-8-5(7)4(2)6/h16-17,19-20H,5-15,18H2,1-4H3;4,6H,3H2,1-2H3. The summed E-state index contributed by atoms with van der Waals surface area (Å²) in [6, 6.07) is 6.88. The van der Waals surface area contributed by atoms with Gasteiger partial charge in [0.2, 0.25) is 0 Å². The van der Waals surface area contributed by atoms with E-state index in [9.17, 15) is 18.0 Å². The highest BCUT2D eigenvalue weighted by molar-refractivity contribution is 7.86. The topological polar surface area (TPSA) is 116 Å². The Bertz CT molecular complexity index is 894. The van der Waals surface area contributed by atoms with Gasteiger partial charge in [-0.3, -0.25) is 0 Å². The molecule has 1 aromatic rings. The summed E-state index contributed by atoms with van der Waals surface area (Å²) in [5.41, 5.74) is -0.837. The molecule has 1 unspecified atom stereocenters. The van der Waals surface area contributed by atoms with E-state index in [0.29, 0.717) is 13.0 Å². The number of esters is 2. The maximum Gasteiger partial charge on any atom is 0.339 e. The second-order valence-electron chi connectivity index (χ2n) is 9.74. The largest absolute Gasteiger partial charge is 0.464 e. The molecule has 0 saturated carbocycles. The van der Waals surface area contributed by atoms with Crippen LogP contribution in [0, 0.1) is 0 Å². The number of hydrogen-bond acceptors (Lipinski definition) is 8. The zero-order valence-electron chi connectivity index (χ0n) is 24.3. The fraction of sp³-hybridized carbons (Fsp3) is 0.724. The van der Waals surface area contributed by atoms with Gasteiger partial charge >= 0.3 is 11.9 Å². The van der Waals surface area contributed by atoms with Crippen LogP contribution in [0.3, 0.4) is 0 Å². The lowest BCUT2D eigenvalue weighted by atomic mass is 10.0. The summed E-state index contributed by atoms with van der Waals surface area (Å²) in [7, 11) is -4.08. The van der Waals surface area contributed by atoms with Crippen molar-refractivity contribution in [2.24, 2.45) is 0 Å². The third-order valence-corrected chi connectivity index (χ3v) is 7.33. The second-order valence-corrected chi connectivity index (χ2v) is 11.3. The van der Waals surface area contributed by atoms with Crippen molar-refractivity contribution in [1.29, 1.82) is 0 Å². The van der Waals surface area contributed by atoms with Crippen molar-refractivity contribution in [3.05, 3.63) is 29.8 Å². The molecule has 0 aliphatic rings. The van der Waals surface area contributed by atoms with E-state index in [2.05, 4.69) is 11.7 Å². The quantitative estimate of drug-likeness (QED) is 0.130. The molecule has 0 aliphatic carbocycles. The number of carbonyl (C=O) groups is 2. The molecule has 0 bridgehead atoms. The molecule has 1 rings (SSSR count). The first kappa shape index (κ1) is 36.0. The van der Waals surface area contributed by atoms with E-state index in [4.69, 9.17) is 14.0 Å². The molecule has 1 aromatic carbocycles. The Morgan fingerprint density at radius 2 is 1.34 bits per heavy atom. The molecule has 9 heteroatoms. The molecule has 1 N–H and O–H groups in total. The van der Waals surface area contributed by atoms with Gasteiger partial charge in [-0.25, -0.2) is 13.8 Å². The number of aliphatic hydroxyl groups is 1. The summed E-state index contributed by atoms with van der Waals surface area (Å²) in [4.78, 5) is 22.4. The summed E-state index contributed by atoms with van der Waals surface area (Å²) in [5.74, 6) is -1.26. The minimum Gasteiger partial charge on any atom is -0.464 e. The Kier molecular flexibility index (Phi) is 19.0. The zero-order valence-corrected chi connectivity index (χ0v) is 25.1. The van der Waals surface area contributed by atoms with Crippen LogP contribution in [0.5, 0.6) is 0 Å². The lowest BCUT2D eigenvalue weighted by Crippen LogP contribution is -2.39. The van der Waals surface area contributed by atoms with Gasteiger partial charge in [0.25, 0.3) is 10.1 Å². The molecule has 220 valence electrons. The van der Waals surface area contributed by atoms with Crippen LogP contribution < -0.4 is 0 Å². The van der Waals surface area contributed by atoms with E-state index in [1.54, 1.807) is 26.0 Å². The van der Waals surface area contributed by atoms with E-state index in [1.807, 2.05) is 12.1 Å². The van der Waals surface area contributed by atoms with Gasteiger partial charge < -0.3 is 14.6 Å². The van der Waals surface area contributed by atoms with Gasteiger partial charge in [0.15, 0.2) is 5.60 Å². The first-order valence-corrected chi connectivity index (χ1v) is 15.4. The van der Waals surface area contributed by atoms with Crippen LogP contribution in [-0.2, 0) is 39.8 Å². The summed E-state index contributed by atoms with van der Waals surface area (Å²) in [6.07, 6.45) is 12.0. The normalized spacial score (nSPS) is 12.3. The molecule has 0 fully saturated rings. The van der Waals surface area contributed by atoms with E-state index in [1.165, 1.54) is 72.1 Å². The molecule has 1 atom stereocenters. The minimum absolute atomic E-state index is 0.137. The zero-order chi connectivity index (χ0) is 29.0. The Balaban J connectivity index is 0.00000147. The lowest BCUT2D eigenvalue weighted by molar-refractivity contribution is -0.158. The van der Waals surface area contributed by atoms with Crippen LogP contribution in [0.4, 0.5) is 0 Å². The summed E-state index contributed by atoms with van der Waals surface area (Å²) < 4.78 is 40.3.